The van der Waals surface area contributed by atoms with Gasteiger partial charge in [-0.2, -0.15) is 0 Å². The summed E-state index contributed by atoms with van der Waals surface area (Å²) < 4.78 is 7.54. The minimum atomic E-state index is 0.374. The Morgan fingerprint density at radius 3 is 2.89 bits per heavy atom. The Kier molecular flexibility index (Phi) is 4.39. The first-order valence-electron chi connectivity index (χ1n) is 8.43. The largest absolute Gasteiger partial charge is 0.487 e. The van der Waals surface area contributed by atoms with E-state index in [0.717, 1.165) is 27.0 Å². The van der Waals surface area contributed by atoms with Crippen LogP contribution in [0.5, 0.6) is 5.75 Å². The molecule has 138 valence electrons. The smallest absolute Gasteiger partial charge is 0.182 e. The second kappa shape index (κ2) is 7.05. The van der Waals surface area contributed by atoms with E-state index in [2.05, 4.69) is 10.1 Å². The molecule has 5 aromatic rings. The van der Waals surface area contributed by atoms with Crippen molar-refractivity contribution in [3.63, 3.8) is 0 Å². The molecule has 3 aromatic heterocycles. The molecule has 0 radical (unpaired) electrons. The molecule has 5 rings (SSSR count). The minimum absolute atomic E-state index is 0.374. The van der Waals surface area contributed by atoms with Crippen LogP contribution in [-0.2, 0) is 6.61 Å². The summed E-state index contributed by atoms with van der Waals surface area (Å²) in [7, 11) is 0. The Morgan fingerprint density at radius 2 is 2.00 bits per heavy atom. The first-order chi connectivity index (χ1) is 13.7. The van der Waals surface area contributed by atoms with Gasteiger partial charge in [0.15, 0.2) is 11.5 Å². The van der Waals surface area contributed by atoms with E-state index in [1.165, 1.54) is 0 Å². The Morgan fingerprint density at radius 1 is 1.07 bits per heavy atom. The molecule has 0 aliphatic carbocycles. The molecule has 0 saturated heterocycles. The maximum atomic E-state index is 6.17. The highest BCUT2D eigenvalue weighted by Crippen LogP contribution is 2.29. The van der Waals surface area contributed by atoms with Crippen LogP contribution in [0.2, 0.25) is 10.0 Å². The predicted octanol–water partition coefficient (Wildman–Crippen LogP) is 5.89. The lowest BCUT2D eigenvalue weighted by atomic mass is 10.1. The van der Waals surface area contributed by atoms with Gasteiger partial charge in [0.2, 0.25) is 0 Å². The topological polar surface area (TPSA) is 52.3 Å². The summed E-state index contributed by atoms with van der Waals surface area (Å²) in [6.45, 7) is 0.374. The number of rotatable bonds is 4. The molecule has 0 unspecified atom stereocenters. The van der Waals surface area contributed by atoms with Crippen molar-refractivity contribution >= 4 is 50.4 Å². The zero-order valence-corrected chi connectivity index (χ0v) is 16.7. The standard InChI is InChI=1S/C20H12Cl2N4OS/c21-14-4-5-17(16(22)9-14)27-10-12-2-1-3-13(8-12)18-24-19-15-6-7-28-20(15)23-11-26(19)25-18/h1-9,11H,10H2. The average molecular weight is 427 g/mol. The third-order valence-corrected chi connectivity index (χ3v) is 5.63. The van der Waals surface area contributed by atoms with Crippen LogP contribution in [0.25, 0.3) is 27.3 Å². The van der Waals surface area contributed by atoms with Crippen LogP contribution in [0.1, 0.15) is 5.56 Å². The second-order valence-electron chi connectivity index (χ2n) is 6.15. The second-order valence-corrected chi connectivity index (χ2v) is 7.89. The summed E-state index contributed by atoms with van der Waals surface area (Å²) >= 11 is 13.7. The number of nitrogens with zero attached hydrogens (tertiary/aromatic N) is 4. The van der Waals surface area contributed by atoms with E-state index in [1.54, 1.807) is 40.4 Å². The van der Waals surface area contributed by atoms with Gasteiger partial charge in [-0.1, -0.05) is 41.4 Å². The predicted molar refractivity (Wildman–Crippen MR) is 112 cm³/mol. The van der Waals surface area contributed by atoms with Gasteiger partial charge in [0, 0.05) is 10.6 Å². The number of ether oxygens (including phenoxy) is 1. The molecule has 8 heteroatoms. The summed E-state index contributed by atoms with van der Waals surface area (Å²) in [5.41, 5.74) is 2.70. The van der Waals surface area contributed by atoms with Gasteiger partial charge in [-0.15, -0.1) is 16.4 Å². The zero-order chi connectivity index (χ0) is 19.1. The van der Waals surface area contributed by atoms with Gasteiger partial charge in [-0.05, 0) is 41.3 Å². The van der Waals surface area contributed by atoms with Crippen molar-refractivity contribution in [3.05, 3.63) is 75.8 Å². The van der Waals surface area contributed by atoms with Crippen molar-refractivity contribution in [1.82, 2.24) is 19.6 Å². The summed E-state index contributed by atoms with van der Waals surface area (Å²) in [4.78, 5) is 10.1. The van der Waals surface area contributed by atoms with Gasteiger partial charge in [0.1, 0.15) is 23.5 Å². The van der Waals surface area contributed by atoms with Crippen LogP contribution >= 0.6 is 34.5 Å². The van der Waals surface area contributed by atoms with Crippen molar-refractivity contribution in [2.45, 2.75) is 6.61 Å². The third kappa shape index (κ3) is 3.20. The van der Waals surface area contributed by atoms with Gasteiger partial charge < -0.3 is 4.74 Å². The Labute approximate surface area is 174 Å². The number of halogens is 2. The van der Waals surface area contributed by atoms with Crippen molar-refractivity contribution in [3.8, 4) is 17.1 Å². The Balaban J connectivity index is 1.44. The monoisotopic (exact) mass is 426 g/mol. The summed E-state index contributed by atoms with van der Waals surface area (Å²) in [5, 5.41) is 8.64. The normalized spacial score (nSPS) is 11.4. The number of fused-ring (bicyclic) bond motifs is 3. The fourth-order valence-electron chi connectivity index (χ4n) is 2.94. The molecule has 0 aliphatic rings. The van der Waals surface area contributed by atoms with Crippen LogP contribution in [0.4, 0.5) is 0 Å². The molecule has 0 bridgehead atoms. The summed E-state index contributed by atoms with van der Waals surface area (Å²) in [6, 6.07) is 15.1. The van der Waals surface area contributed by atoms with Crippen LogP contribution in [-0.4, -0.2) is 19.6 Å². The summed E-state index contributed by atoms with van der Waals surface area (Å²) in [6.07, 6.45) is 1.69. The van der Waals surface area contributed by atoms with Crippen LogP contribution in [0.15, 0.2) is 60.2 Å². The first kappa shape index (κ1) is 17.4. The van der Waals surface area contributed by atoms with Crippen LogP contribution < -0.4 is 4.74 Å². The molecule has 0 atom stereocenters. The number of thiophene rings is 1. The number of aromatic nitrogens is 4. The molecule has 0 aliphatic heterocycles. The number of hydrogen-bond donors (Lipinski definition) is 0. The maximum Gasteiger partial charge on any atom is 0.182 e. The lowest BCUT2D eigenvalue weighted by Gasteiger charge is -2.09. The van der Waals surface area contributed by atoms with E-state index < -0.39 is 0 Å². The van der Waals surface area contributed by atoms with Crippen molar-refractivity contribution < 1.29 is 4.74 Å². The van der Waals surface area contributed by atoms with Crippen molar-refractivity contribution in [1.29, 1.82) is 0 Å². The molecule has 0 fully saturated rings. The van der Waals surface area contributed by atoms with Gasteiger partial charge in [0.05, 0.1) is 10.4 Å². The highest BCUT2D eigenvalue weighted by molar-refractivity contribution is 7.16. The third-order valence-electron chi connectivity index (χ3n) is 4.27. The molecule has 3 heterocycles. The molecule has 0 N–H and O–H groups in total. The molecule has 2 aromatic carbocycles. The van der Waals surface area contributed by atoms with Crippen molar-refractivity contribution in [2.24, 2.45) is 0 Å². The van der Waals surface area contributed by atoms with E-state index in [-0.39, 0.29) is 0 Å². The minimum Gasteiger partial charge on any atom is -0.487 e. The van der Waals surface area contributed by atoms with Gasteiger partial charge in [0.25, 0.3) is 0 Å². The van der Waals surface area contributed by atoms with E-state index in [4.69, 9.17) is 32.9 Å². The Hall–Kier alpha value is -2.67. The van der Waals surface area contributed by atoms with Crippen LogP contribution in [0.3, 0.4) is 0 Å². The Bertz CT molecular complexity index is 1310. The zero-order valence-electron chi connectivity index (χ0n) is 14.3. The van der Waals surface area contributed by atoms with Crippen molar-refractivity contribution in [2.75, 3.05) is 0 Å². The van der Waals surface area contributed by atoms with Gasteiger partial charge in [-0.3, -0.25) is 0 Å². The average Bonchev–Trinajstić information content (AvgIpc) is 3.34. The highest BCUT2D eigenvalue weighted by Gasteiger charge is 2.11. The van der Waals surface area contributed by atoms with Crippen LogP contribution in [0, 0.1) is 0 Å². The molecular weight excluding hydrogens is 415 g/mol. The van der Waals surface area contributed by atoms with E-state index in [0.29, 0.717) is 28.2 Å². The van der Waals surface area contributed by atoms with Gasteiger partial charge in [-0.25, -0.2) is 14.5 Å². The highest BCUT2D eigenvalue weighted by atomic mass is 35.5. The maximum absolute atomic E-state index is 6.17. The van der Waals surface area contributed by atoms with E-state index >= 15 is 0 Å². The molecular formula is C20H12Cl2N4OS. The summed E-state index contributed by atoms with van der Waals surface area (Å²) in [5.74, 6) is 1.24. The number of benzene rings is 2. The lowest BCUT2D eigenvalue weighted by molar-refractivity contribution is 0.306. The molecule has 0 spiro atoms. The SMILES string of the molecule is Clc1ccc(OCc2cccc(-c3nc4c5ccsc5ncn4n3)c2)c(Cl)c1. The lowest BCUT2D eigenvalue weighted by Crippen LogP contribution is -1.96. The quantitative estimate of drug-likeness (QED) is 0.359. The molecule has 28 heavy (non-hydrogen) atoms. The number of hydrogen-bond acceptors (Lipinski definition) is 5. The fraction of sp³-hybridized carbons (Fsp3) is 0.0500. The first-order valence-corrected chi connectivity index (χ1v) is 10.1. The molecule has 5 nitrogen and oxygen atoms in total. The van der Waals surface area contributed by atoms with E-state index in [1.807, 2.05) is 35.7 Å². The fourth-order valence-corrected chi connectivity index (χ4v) is 4.13. The van der Waals surface area contributed by atoms with Gasteiger partial charge >= 0.3 is 0 Å². The van der Waals surface area contributed by atoms with E-state index in [9.17, 15) is 0 Å². The molecule has 0 saturated carbocycles. The molecule has 0 amide bonds.